The molecular formula is C64H52N2. The molecule has 0 aliphatic rings. The van der Waals surface area contributed by atoms with Gasteiger partial charge in [0, 0.05) is 34.1 Å². The van der Waals surface area contributed by atoms with E-state index in [9.17, 15) is 0 Å². The predicted octanol–water partition coefficient (Wildman–Crippen LogP) is 18.5. The average molecular weight is 849 g/mol. The van der Waals surface area contributed by atoms with Gasteiger partial charge in [-0.25, -0.2) is 0 Å². The van der Waals surface area contributed by atoms with Crippen LogP contribution < -0.4 is 9.80 Å². The molecule has 10 aromatic carbocycles. The van der Waals surface area contributed by atoms with E-state index in [2.05, 4.69) is 289 Å². The summed E-state index contributed by atoms with van der Waals surface area (Å²) in [5, 5.41) is 0. The Morgan fingerprint density at radius 2 is 0.364 bits per heavy atom. The van der Waals surface area contributed by atoms with Gasteiger partial charge in [0.05, 0.1) is 0 Å². The summed E-state index contributed by atoms with van der Waals surface area (Å²) in [5.41, 5.74) is 18.5. The second-order valence-electron chi connectivity index (χ2n) is 15.8. The molecule has 10 aromatic rings. The Bertz CT molecular complexity index is 2670. The average Bonchev–Trinajstić information content (AvgIpc) is 3.41. The van der Waals surface area contributed by atoms with Gasteiger partial charge in [-0.2, -0.15) is 0 Å². The Morgan fingerprint density at radius 3 is 0.561 bits per heavy atom. The van der Waals surface area contributed by atoms with Crippen molar-refractivity contribution in [3.8, 4) is 44.5 Å². The zero-order chi connectivity index (χ0) is 44.9. The lowest BCUT2D eigenvalue weighted by Crippen LogP contribution is -2.09. The van der Waals surface area contributed by atoms with Gasteiger partial charge in [-0.3, -0.25) is 0 Å². The highest BCUT2D eigenvalue weighted by Crippen LogP contribution is 2.39. The molecular weight excluding hydrogens is 797 g/mol. The molecule has 2 heteroatoms. The fourth-order valence-electron chi connectivity index (χ4n) is 8.29. The molecule has 318 valence electrons. The molecule has 0 spiro atoms. The molecule has 0 saturated heterocycles. The van der Waals surface area contributed by atoms with Gasteiger partial charge in [-0.1, -0.05) is 220 Å². The van der Waals surface area contributed by atoms with Crippen LogP contribution in [-0.2, 0) is 0 Å². The second-order valence-corrected chi connectivity index (χ2v) is 15.8. The van der Waals surface area contributed by atoms with Crippen molar-refractivity contribution in [3.05, 3.63) is 278 Å². The fraction of sp³-hybridized carbons (Fsp3) is 0.0312. The molecule has 0 amide bonds. The molecule has 0 unspecified atom stereocenters. The third-order valence-corrected chi connectivity index (χ3v) is 11.7. The van der Waals surface area contributed by atoms with Crippen LogP contribution in [0.1, 0.15) is 25.0 Å². The summed E-state index contributed by atoms with van der Waals surface area (Å²) in [4.78, 5) is 4.65. The van der Waals surface area contributed by atoms with E-state index in [1.807, 2.05) is 13.8 Å². The predicted molar refractivity (Wildman–Crippen MR) is 284 cm³/mol. The Morgan fingerprint density at radius 1 is 0.197 bits per heavy atom. The molecule has 0 bridgehead atoms. The summed E-state index contributed by atoms with van der Waals surface area (Å²) in [6.07, 6.45) is 4.38. The fourth-order valence-corrected chi connectivity index (χ4v) is 8.29. The van der Waals surface area contributed by atoms with E-state index in [1.54, 1.807) is 0 Å². The molecule has 0 radical (unpaired) electrons. The summed E-state index contributed by atoms with van der Waals surface area (Å²) in [6.45, 7) is 4.00. The first-order valence-corrected chi connectivity index (χ1v) is 22.8. The van der Waals surface area contributed by atoms with E-state index in [0.29, 0.717) is 0 Å². The largest absolute Gasteiger partial charge is 0.311 e. The van der Waals surface area contributed by atoms with Crippen LogP contribution in [0.2, 0.25) is 0 Å². The lowest BCUT2D eigenvalue weighted by molar-refractivity contribution is 1.28. The topological polar surface area (TPSA) is 6.48 Å². The molecule has 2 nitrogen and oxygen atoms in total. The van der Waals surface area contributed by atoms with Gasteiger partial charge < -0.3 is 9.80 Å². The molecule has 10 rings (SSSR count). The standard InChI is InChI=1S/C62H46N2.C2H6/c1-5-13-49(14-6-1)53-27-39-59(40-28-53)63(60-41-29-54(30-42-60)50-15-7-2-8-16-50)57-35-23-47(24-36-57)21-22-48-25-37-58(38-26-48)64(61-43-31-55(32-44-61)51-17-9-3-10-18-51)62-45-33-56(34-46-62)52-19-11-4-12-20-52;1-2/h1-46H;1-2H3/b22-21+;. The molecule has 0 N–H and O–H groups in total. The monoisotopic (exact) mass is 848 g/mol. The van der Waals surface area contributed by atoms with Crippen LogP contribution in [0.3, 0.4) is 0 Å². The van der Waals surface area contributed by atoms with Crippen molar-refractivity contribution in [2.45, 2.75) is 13.8 Å². The van der Waals surface area contributed by atoms with E-state index < -0.39 is 0 Å². The highest BCUT2D eigenvalue weighted by atomic mass is 15.1. The zero-order valence-corrected chi connectivity index (χ0v) is 37.5. The summed E-state index contributed by atoms with van der Waals surface area (Å²) >= 11 is 0. The SMILES string of the molecule is C(=C\c1ccc(N(c2ccc(-c3ccccc3)cc2)c2ccc(-c3ccccc3)cc2)cc1)/c1ccc(N(c2ccc(-c3ccccc3)cc2)c2ccc(-c3ccccc3)cc2)cc1.CC. The summed E-state index contributed by atoms with van der Waals surface area (Å²) in [7, 11) is 0. The first-order chi connectivity index (χ1) is 32.7. The minimum absolute atomic E-state index is 1.09. The highest BCUT2D eigenvalue weighted by molar-refractivity contribution is 5.83. The first kappa shape index (κ1) is 42.8. The molecule has 0 atom stereocenters. The van der Waals surface area contributed by atoms with E-state index in [0.717, 1.165) is 45.3 Å². The van der Waals surface area contributed by atoms with Crippen LogP contribution in [0.25, 0.3) is 56.7 Å². The number of nitrogens with zero attached hydrogens (tertiary/aromatic N) is 2. The second kappa shape index (κ2) is 20.8. The van der Waals surface area contributed by atoms with Gasteiger partial charge in [-0.05, 0) is 128 Å². The zero-order valence-electron chi connectivity index (χ0n) is 37.5. The number of benzene rings is 10. The van der Waals surface area contributed by atoms with Crippen LogP contribution in [0.5, 0.6) is 0 Å². The van der Waals surface area contributed by atoms with Crippen LogP contribution >= 0.6 is 0 Å². The lowest BCUT2D eigenvalue weighted by Gasteiger charge is -2.26. The Hall–Kier alpha value is -8.46. The van der Waals surface area contributed by atoms with E-state index in [4.69, 9.17) is 0 Å². The van der Waals surface area contributed by atoms with Gasteiger partial charge in [0.2, 0.25) is 0 Å². The number of hydrogen-bond acceptors (Lipinski definition) is 2. The molecule has 0 aliphatic carbocycles. The smallest absolute Gasteiger partial charge is 0.0462 e. The number of hydrogen-bond donors (Lipinski definition) is 0. The van der Waals surface area contributed by atoms with Crippen molar-refractivity contribution < 1.29 is 0 Å². The summed E-state index contributed by atoms with van der Waals surface area (Å²) < 4.78 is 0. The van der Waals surface area contributed by atoms with Crippen molar-refractivity contribution in [2.75, 3.05) is 9.80 Å². The molecule has 0 heterocycles. The van der Waals surface area contributed by atoms with Gasteiger partial charge in [0.1, 0.15) is 0 Å². The van der Waals surface area contributed by atoms with Crippen LogP contribution in [-0.4, -0.2) is 0 Å². The first-order valence-electron chi connectivity index (χ1n) is 22.8. The van der Waals surface area contributed by atoms with Crippen LogP contribution in [0.4, 0.5) is 34.1 Å². The highest BCUT2D eigenvalue weighted by Gasteiger charge is 2.15. The van der Waals surface area contributed by atoms with Gasteiger partial charge in [0.25, 0.3) is 0 Å². The summed E-state index contributed by atoms with van der Waals surface area (Å²) in [6, 6.07) is 95.2. The van der Waals surface area contributed by atoms with Crippen molar-refractivity contribution in [2.24, 2.45) is 0 Å². The Labute approximate surface area is 390 Å². The Balaban J connectivity index is 0.00000270. The molecule has 0 aromatic heterocycles. The molecule has 0 saturated carbocycles. The third-order valence-electron chi connectivity index (χ3n) is 11.7. The number of anilines is 6. The Kier molecular flexibility index (Phi) is 13.5. The van der Waals surface area contributed by atoms with Gasteiger partial charge in [0.15, 0.2) is 0 Å². The lowest BCUT2D eigenvalue weighted by atomic mass is 10.0. The minimum Gasteiger partial charge on any atom is -0.311 e. The van der Waals surface area contributed by atoms with Crippen molar-refractivity contribution in [3.63, 3.8) is 0 Å². The van der Waals surface area contributed by atoms with Gasteiger partial charge in [-0.15, -0.1) is 0 Å². The number of rotatable bonds is 12. The molecule has 66 heavy (non-hydrogen) atoms. The van der Waals surface area contributed by atoms with Crippen molar-refractivity contribution in [1.29, 1.82) is 0 Å². The van der Waals surface area contributed by atoms with Crippen LogP contribution in [0, 0.1) is 0 Å². The van der Waals surface area contributed by atoms with Crippen molar-refractivity contribution in [1.82, 2.24) is 0 Å². The normalized spacial score (nSPS) is 10.8. The molecule has 0 aliphatic heterocycles. The van der Waals surface area contributed by atoms with Crippen molar-refractivity contribution >= 4 is 46.3 Å². The molecule has 0 fully saturated rings. The minimum atomic E-state index is 1.09. The van der Waals surface area contributed by atoms with E-state index >= 15 is 0 Å². The van der Waals surface area contributed by atoms with Gasteiger partial charge >= 0.3 is 0 Å². The maximum Gasteiger partial charge on any atom is 0.0462 e. The van der Waals surface area contributed by atoms with Crippen LogP contribution in [0.15, 0.2) is 267 Å². The quantitative estimate of drug-likeness (QED) is 0.113. The summed E-state index contributed by atoms with van der Waals surface area (Å²) in [5.74, 6) is 0. The maximum absolute atomic E-state index is 2.33. The van der Waals surface area contributed by atoms with E-state index in [-0.39, 0.29) is 0 Å². The third kappa shape index (κ3) is 10.00. The maximum atomic E-state index is 2.33. The van der Waals surface area contributed by atoms with E-state index in [1.165, 1.54) is 44.5 Å².